The van der Waals surface area contributed by atoms with Gasteiger partial charge in [-0.2, -0.15) is 0 Å². The second kappa shape index (κ2) is 6.05. The summed E-state index contributed by atoms with van der Waals surface area (Å²) in [5.41, 5.74) is 0.787. The van der Waals surface area contributed by atoms with E-state index in [0.29, 0.717) is 18.3 Å². The van der Waals surface area contributed by atoms with E-state index in [1.54, 1.807) is 6.07 Å². The average Bonchev–Trinajstić information content (AvgIpc) is 2.86. The van der Waals surface area contributed by atoms with Crippen molar-refractivity contribution >= 4 is 5.69 Å². The molecule has 2 unspecified atom stereocenters. The lowest BCUT2D eigenvalue weighted by Crippen LogP contribution is -2.26. The van der Waals surface area contributed by atoms with Crippen LogP contribution in [0.15, 0.2) is 18.2 Å². The molecule has 1 heterocycles. The van der Waals surface area contributed by atoms with Crippen LogP contribution in [-0.2, 0) is 4.74 Å². The van der Waals surface area contributed by atoms with Gasteiger partial charge in [-0.1, -0.05) is 0 Å². The van der Waals surface area contributed by atoms with Gasteiger partial charge in [-0.25, -0.2) is 4.39 Å². The minimum atomic E-state index is -0.322. The van der Waals surface area contributed by atoms with E-state index in [-0.39, 0.29) is 11.9 Å². The number of benzene rings is 1. The summed E-state index contributed by atoms with van der Waals surface area (Å²) in [6.45, 7) is 6.03. The molecular weight excluding hydrogens is 233 g/mol. The summed E-state index contributed by atoms with van der Waals surface area (Å²) >= 11 is 0. The largest absolute Gasteiger partial charge is 0.491 e. The van der Waals surface area contributed by atoms with Gasteiger partial charge in [0.25, 0.3) is 0 Å². The van der Waals surface area contributed by atoms with E-state index in [1.807, 2.05) is 13.0 Å². The number of hydrogen-bond acceptors (Lipinski definition) is 3. The Hall–Kier alpha value is -1.29. The summed E-state index contributed by atoms with van der Waals surface area (Å²) in [7, 11) is 0. The van der Waals surface area contributed by atoms with Crippen molar-refractivity contribution < 1.29 is 13.9 Å². The van der Waals surface area contributed by atoms with E-state index in [0.717, 1.165) is 25.3 Å². The summed E-state index contributed by atoms with van der Waals surface area (Å²) in [5, 5.41) is 3.32. The highest BCUT2D eigenvalue weighted by atomic mass is 19.1. The van der Waals surface area contributed by atoms with Crippen LogP contribution in [0.2, 0.25) is 0 Å². The Kier molecular flexibility index (Phi) is 4.42. The molecule has 2 atom stereocenters. The monoisotopic (exact) mass is 253 g/mol. The van der Waals surface area contributed by atoms with Crippen LogP contribution in [0.1, 0.15) is 20.3 Å². The molecule has 1 N–H and O–H groups in total. The number of rotatable bonds is 5. The normalized spacial score (nSPS) is 20.7. The van der Waals surface area contributed by atoms with Crippen LogP contribution in [-0.4, -0.2) is 25.9 Å². The fourth-order valence-corrected chi connectivity index (χ4v) is 2.19. The van der Waals surface area contributed by atoms with Crippen molar-refractivity contribution in [2.45, 2.75) is 26.3 Å². The third kappa shape index (κ3) is 3.13. The SMILES string of the molecule is CCOc1ccc(NC(C)C2CCOC2)cc1F. The van der Waals surface area contributed by atoms with Gasteiger partial charge in [-0.3, -0.25) is 0 Å². The molecule has 0 aromatic heterocycles. The molecular formula is C14H20FNO2. The maximum atomic E-state index is 13.7. The lowest BCUT2D eigenvalue weighted by molar-refractivity contribution is 0.183. The van der Waals surface area contributed by atoms with E-state index in [2.05, 4.69) is 12.2 Å². The van der Waals surface area contributed by atoms with Gasteiger partial charge in [-0.05, 0) is 32.4 Å². The molecule has 0 bridgehead atoms. The van der Waals surface area contributed by atoms with Gasteiger partial charge in [0.15, 0.2) is 11.6 Å². The number of ether oxygens (including phenoxy) is 2. The van der Waals surface area contributed by atoms with E-state index in [4.69, 9.17) is 9.47 Å². The molecule has 100 valence electrons. The number of hydrogen-bond donors (Lipinski definition) is 1. The molecule has 1 aromatic carbocycles. The van der Waals surface area contributed by atoms with Crippen LogP contribution < -0.4 is 10.1 Å². The molecule has 0 spiro atoms. The Bertz CT molecular complexity index is 391. The van der Waals surface area contributed by atoms with Gasteiger partial charge in [0.2, 0.25) is 0 Å². The van der Waals surface area contributed by atoms with Crippen molar-refractivity contribution in [1.82, 2.24) is 0 Å². The van der Waals surface area contributed by atoms with Gasteiger partial charge < -0.3 is 14.8 Å². The summed E-state index contributed by atoms with van der Waals surface area (Å²) in [6.07, 6.45) is 1.06. The van der Waals surface area contributed by atoms with Crippen molar-refractivity contribution in [2.75, 3.05) is 25.1 Å². The van der Waals surface area contributed by atoms with Gasteiger partial charge in [0.05, 0.1) is 13.2 Å². The Morgan fingerprint density at radius 3 is 3.00 bits per heavy atom. The molecule has 1 aliphatic rings. The van der Waals surface area contributed by atoms with Crippen LogP contribution in [0.25, 0.3) is 0 Å². The fraction of sp³-hybridized carbons (Fsp3) is 0.571. The van der Waals surface area contributed by atoms with Gasteiger partial charge in [0, 0.05) is 30.3 Å². The van der Waals surface area contributed by atoms with Gasteiger partial charge >= 0.3 is 0 Å². The minimum absolute atomic E-state index is 0.282. The molecule has 0 amide bonds. The fourth-order valence-electron chi connectivity index (χ4n) is 2.19. The van der Waals surface area contributed by atoms with Crippen LogP contribution in [0.3, 0.4) is 0 Å². The number of halogens is 1. The lowest BCUT2D eigenvalue weighted by Gasteiger charge is -2.20. The molecule has 1 saturated heterocycles. The first-order chi connectivity index (χ1) is 8.70. The van der Waals surface area contributed by atoms with Crippen molar-refractivity contribution in [3.05, 3.63) is 24.0 Å². The molecule has 2 rings (SSSR count). The first-order valence-corrected chi connectivity index (χ1v) is 6.47. The molecule has 0 radical (unpaired) electrons. The molecule has 1 fully saturated rings. The highest BCUT2D eigenvalue weighted by molar-refractivity contribution is 5.48. The van der Waals surface area contributed by atoms with Crippen molar-refractivity contribution in [1.29, 1.82) is 0 Å². The van der Waals surface area contributed by atoms with Crippen LogP contribution in [0.5, 0.6) is 5.75 Å². The van der Waals surface area contributed by atoms with Crippen LogP contribution in [0.4, 0.5) is 10.1 Å². The average molecular weight is 253 g/mol. The lowest BCUT2D eigenvalue weighted by atomic mass is 10.0. The van der Waals surface area contributed by atoms with E-state index in [9.17, 15) is 4.39 Å². The minimum Gasteiger partial charge on any atom is -0.491 e. The third-order valence-electron chi connectivity index (χ3n) is 3.30. The number of anilines is 1. The van der Waals surface area contributed by atoms with Crippen LogP contribution in [0, 0.1) is 11.7 Å². The zero-order valence-electron chi connectivity index (χ0n) is 10.9. The zero-order chi connectivity index (χ0) is 13.0. The summed E-state index contributed by atoms with van der Waals surface area (Å²) < 4.78 is 24.2. The molecule has 18 heavy (non-hydrogen) atoms. The molecule has 3 nitrogen and oxygen atoms in total. The molecule has 4 heteroatoms. The van der Waals surface area contributed by atoms with Crippen molar-refractivity contribution in [3.63, 3.8) is 0 Å². The highest BCUT2D eigenvalue weighted by Gasteiger charge is 2.22. The maximum Gasteiger partial charge on any atom is 0.167 e. The first-order valence-electron chi connectivity index (χ1n) is 6.47. The zero-order valence-corrected chi connectivity index (χ0v) is 10.9. The highest BCUT2D eigenvalue weighted by Crippen LogP contribution is 2.24. The second-order valence-electron chi connectivity index (χ2n) is 4.63. The predicted octanol–water partition coefficient (Wildman–Crippen LogP) is 3.06. The van der Waals surface area contributed by atoms with Crippen LogP contribution >= 0.6 is 0 Å². The van der Waals surface area contributed by atoms with Gasteiger partial charge in [0.1, 0.15) is 0 Å². The second-order valence-corrected chi connectivity index (χ2v) is 4.63. The first kappa shape index (κ1) is 13.1. The Balaban J connectivity index is 1.98. The summed E-state index contributed by atoms with van der Waals surface area (Å²) in [6, 6.07) is 5.28. The molecule has 0 aliphatic carbocycles. The Morgan fingerprint density at radius 2 is 2.39 bits per heavy atom. The van der Waals surface area contributed by atoms with Crippen molar-refractivity contribution in [2.24, 2.45) is 5.92 Å². The summed E-state index contributed by atoms with van der Waals surface area (Å²) in [5.74, 6) is 0.483. The number of nitrogens with one attached hydrogen (secondary N) is 1. The third-order valence-corrected chi connectivity index (χ3v) is 3.30. The Labute approximate surface area is 107 Å². The van der Waals surface area contributed by atoms with E-state index in [1.165, 1.54) is 6.07 Å². The van der Waals surface area contributed by atoms with Gasteiger partial charge in [-0.15, -0.1) is 0 Å². The van der Waals surface area contributed by atoms with E-state index < -0.39 is 0 Å². The maximum absolute atomic E-state index is 13.7. The quantitative estimate of drug-likeness (QED) is 0.874. The standard InChI is InChI=1S/C14H20FNO2/c1-3-18-14-5-4-12(8-13(14)15)16-10(2)11-6-7-17-9-11/h4-5,8,10-11,16H,3,6-7,9H2,1-2H3. The topological polar surface area (TPSA) is 30.5 Å². The molecule has 1 aliphatic heterocycles. The van der Waals surface area contributed by atoms with E-state index >= 15 is 0 Å². The van der Waals surface area contributed by atoms with Crippen molar-refractivity contribution in [3.8, 4) is 5.75 Å². The Morgan fingerprint density at radius 1 is 1.56 bits per heavy atom. The molecule has 1 aromatic rings. The summed E-state index contributed by atoms with van der Waals surface area (Å²) in [4.78, 5) is 0. The molecule has 0 saturated carbocycles. The smallest absolute Gasteiger partial charge is 0.167 e. The predicted molar refractivity (Wildman–Crippen MR) is 69.6 cm³/mol.